The lowest BCUT2D eigenvalue weighted by Gasteiger charge is -2.30. The molecule has 1 aliphatic heterocycles. The molecule has 0 bridgehead atoms. The Labute approximate surface area is 176 Å². The Balaban J connectivity index is 1.93. The van der Waals surface area contributed by atoms with E-state index in [0.29, 0.717) is 24.9 Å². The van der Waals surface area contributed by atoms with E-state index in [4.69, 9.17) is 0 Å². The number of nitrogens with one attached hydrogen (secondary N) is 1. The van der Waals surface area contributed by atoms with Crippen LogP contribution in [0.15, 0.2) is 42.5 Å². The van der Waals surface area contributed by atoms with Gasteiger partial charge in [0, 0.05) is 18.5 Å². The lowest BCUT2D eigenvalue weighted by atomic mass is 9.96. The Morgan fingerprint density at radius 2 is 1.80 bits per heavy atom. The third-order valence-corrected chi connectivity index (χ3v) is 6.04. The minimum absolute atomic E-state index is 0.0471. The second-order valence-corrected chi connectivity index (χ2v) is 9.82. The molecule has 5 nitrogen and oxygen atoms in total. The molecule has 1 heterocycles. The predicted octanol–water partition coefficient (Wildman–Crippen LogP) is 3.35. The molecule has 0 radical (unpaired) electrons. The lowest BCUT2D eigenvalue weighted by Crippen LogP contribution is -2.48. The van der Waals surface area contributed by atoms with Crippen molar-refractivity contribution in [3.8, 4) is 11.1 Å². The van der Waals surface area contributed by atoms with Crippen LogP contribution >= 0.6 is 0 Å². The zero-order valence-electron chi connectivity index (χ0n) is 17.2. The molecule has 1 N–H and O–H groups in total. The maximum Gasteiger partial charge on any atom is 0.225 e. The van der Waals surface area contributed by atoms with E-state index in [1.807, 2.05) is 6.07 Å². The molecule has 0 aliphatic carbocycles. The highest BCUT2D eigenvalue weighted by molar-refractivity contribution is 7.88. The van der Waals surface area contributed by atoms with Gasteiger partial charge in [0.25, 0.3) is 0 Å². The number of halogens is 2. The van der Waals surface area contributed by atoms with Crippen molar-refractivity contribution in [1.82, 2.24) is 9.62 Å². The normalized spacial score (nSPS) is 19.5. The summed E-state index contributed by atoms with van der Waals surface area (Å²) in [7, 11) is -3.45. The maximum absolute atomic E-state index is 14.2. The van der Waals surface area contributed by atoms with Crippen LogP contribution in [-0.4, -0.2) is 44.1 Å². The molecule has 2 aromatic rings. The summed E-state index contributed by atoms with van der Waals surface area (Å²) in [5.41, 5.74) is 1.06. The molecular formula is C22H26F2N2O3S. The first kappa shape index (κ1) is 22.4. The monoisotopic (exact) mass is 436 g/mol. The highest BCUT2D eigenvalue weighted by Crippen LogP contribution is 2.29. The van der Waals surface area contributed by atoms with Crippen molar-refractivity contribution in [2.45, 2.75) is 38.8 Å². The van der Waals surface area contributed by atoms with Crippen LogP contribution in [-0.2, 0) is 21.2 Å². The highest BCUT2D eigenvalue weighted by Gasteiger charge is 2.39. The zero-order chi connectivity index (χ0) is 22.1. The van der Waals surface area contributed by atoms with Crippen molar-refractivity contribution < 1.29 is 22.0 Å². The Kier molecular flexibility index (Phi) is 6.57. The lowest BCUT2D eigenvalue weighted by molar-refractivity contribution is -0.135. The first-order valence-electron chi connectivity index (χ1n) is 9.88. The van der Waals surface area contributed by atoms with E-state index < -0.39 is 27.7 Å². The molecule has 1 fully saturated rings. The van der Waals surface area contributed by atoms with Gasteiger partial charge in [0.15, 0.2) is 0 Å². The van der Waals surface area contributed by atoms with Gasteiger partial charge >= 0.3 is 0 Å². The molecule has 3 rings (SSSR count). The van der Waals surface area contributed by atoms with E-state index in [1.54, 1.807) is 36.9 Å². The summed E-state index contributed by atoms with van der Waals surface area (Å²) in [5.74, 6) is -1.57. The minimum Gasteiger partial charge on any atom is -0.337 e. The van der Waals surface area contributed by atoms with E-state index in [1.165, 1.54) is 18.2 Å². The number of amides is 1. The van der Waals surface area contributed by atoms with Gasteiger partial charge in [0.05, 0.1) is 17.9 Å². The van der Waals surface area contributed by atoms with Gasteiger partial charge in [-0.1, -0.05) is 44.2 Å². The third kappa shape index (κ3) is 5.05. The molecule has 162 valence electrons. The molecule has 2 aromatic carbocycles. The second-order valence-electron chi connectivity index (χ2n) is 8.04. The Bertz CT molecular complexity index is 1020. The number of benzene rings is 2. The molecule has 1 saturated heterocycles. The van der Waals surface area contributed by atoms with Crippen molar-refractivity contribution in [2.24, 2.45) is 5.92 Å². The summed E-state index contributed by atoms with van der Waals surface area (Å²) >= 11 is 0. The van der Waals surface area contributed by atoms with Crippen LogP contribution in [0.2, 0.25) is 0 Å². The number of carbonyl (C=O) groups excluding carboxylic acids is 1. The average molecular weight is 437 g/mol. The summed E-state index contributed by atoms with van der Waals surface area (Å²) in [6, 6.07) is 9.77. The van der Waals surface area contributed by atoms with Gasteiger partial charge in [-0.25, -0.2) is 21.9 Å². The fourth-order valence-corrected chi connectivity index (χ4v) is 4.82. The number of carbonyl (C=O) groups is 1. The Hall–Kier alpha value is -2.32. The second kappa shape index (κ2) is 8.81. The average Bonchev–Trinajstić information content (AvgIpc) is 3.01. The van der Waals surface area contributed by atoms with Gasteiger partial charge < -0.3 is 4.90 Å². The number of hydrogen-bond acceptors (Lipinski definition) is 3. The van der Waals surface area contributed by atoms with Crippen LogP contribution in [0.3, 0.4) is 0 Å². The number of sulfonamides is 1. The van der Waals surface area contributed by atoms with E-state index >= 15 is 0 Å². The molecule has 1 amide bonds. The SMILES string of the molecule is CC(C)C(=O)N1CCC(NS(C)(=O)=O)C1Cc1cccc(-c2c(F)cccc2F)c1. The van der Waals surface area contributed by atoms with E-state index in [-0.39, 0.29) is 23.4 Å². The van der Waals surface area contributed by atoms with Crippen LogP contribution in [0.4, 0.5) is 8.78 Å². The van der Waals surface area contributed by atoms with Crippen LogP contribution < -0.4 is 4.72 Å². The molecule has 2 unspecified atom stereocenters. The van der Waals surface area contributed by atoms with Gasteiger partial charge in [-0.2, -0.15) is 0 Å². The fourth-order valence-electron chi connectivity index (χ4n) is 3.99. The zero-order valence-corrected chi connectivity index (χ0v) is 18.0. The van der Waals surface area contributed by atoms with E-state index in [0.717, 1.165) is 11.8 Å². The van der Waals surface area contributed by atoms with Crippen molar-refractivity contribution in [3.05, 3.63) is 59.7 Å². The van der Waals surface area contributed by atoms with Gasteiger partial charge in [0.1, 0.15) is 11.6 Å². The first-order chi connectivity index (χ1) is 14.1. The summed E-state index contributed by atoms with van der Waals surface area (Å²) in [6.07, 6.45) is 1.98. The molecular weight excluding hydrogens is 410 g/mol. The first-order valence-corrected chi connectivity index (χ1v) is 11.8. The smallest absolute Gasteiger partial charge is 0.225 e. The van der Waals surface area contributed by atoms with Crippen LogP contribution in [0, 0.1) is 17.6 Å². The van der Waals surface area contributed by atoms with Crippen LogP contribution in [0.1, 0.15) is 25.8 Å². The van der Waals surface area contributed by atoms with Crippen LogP contribution in [0.25, 0.3) is 11.1 Å². The quantitative estimate of drug-likeness (QED) is 0.755. The molecule has 2 atom stereocenters. The number of hydrogen-bond donors (Lipinski definition) is 1. The number of nitrogens with zero attached hydrogens (tertiary/aromatic N) is 1. The molecule has 1 aliphatic rings. The summed E-state index contributed by atoms with van der Waals surface area (Å²) in [6.45, 7) is 4.06. The topological polar surface area (TPSA) is 66.5 Å². The molecule has 0 saturated carbocycles. The van der Waals surface area contributed by atoms with E-state index in [9.17, 15) is 22.0 Å². The van der Waals surface area contributed by atoms with Crippen molar-refractivity contribution in [2.75, 3.05) is 12.8 Å². The van der Waals surface area contributed by atoms with Crippen molar-refractivity contribution in [1.29, 1.82) is 0 Å². The number of rotatable bonds is 6. The number of likely N-dealkylation sites (tertiary alicyclic amines) is 1. The van der Waals surface area contributed by atoms with Gasteiger partial charge in [-0.3, -0.25) is 4.79 Å². The highest BCUT2D eigenvalue weighted by atomic mass is 32.2. The third-order valence-electron chi connectivity index (χ3n) is 5.31. The Morgan fingerprint density at radius 3 is 2.40 bits per heavy atom. The summed E-state index contributed by atoms with van der Waals surface area (Å²) in [5, 5.41) is 0. The minimum atomic E-state index is -3.45. The fraction of sp³-hybridized carbons (Fsp3) is 0.409. The predicted molar refractivity (Wildman–Crippen MR) is 112 cm³/mol. The molecule has 8 heteroatoms. The molecule has 0 aromatic heterocycles. The molecule has 30 heavy (non-hydrogen) atoms. The van der Waals surface area contributed by atoms with Gasteiger partial charge in [-0.05, 0) is 36.1 Å². The maximum atomic E-state index is 14.2. The van der Waals surface area contributed by atoms with E-state index in [2.05, 4.69) is 4.72 Å². The Morgan fingerprint density at radius 1 is 1.17 bits per heavy atom. The van der Waals surface area contributed by atoms with Gasteiger partial charge in [0.2, 0.25) is 15.9 Å². The van der Waals surface area contributed by atoms with Crippen molar-refractivity contribution in [3.63, 3.8) is 0 Å². The van der Waals surface area contributed by atoms with Gasteiger partial charge in [-0.15, -0.1) is 0 Å². The standard InChI is InChI=1S/C22H26F2N2O3S/c1-14(2)22(27)26-11-10-19(25-30(3,28)29)20(26)13-15-6-4-7-16(12-15)21-17(23)8-5-9-18(21)24/h4-9,12,14,19-20,25H,10-11,13H2,1-3H3. The largest absolute Gasteiger partial charge is 0.337 e. The molecule has 0 spiro atoms. The van der Waals surface area contributed by atoms with Crippen LogP contribution in [0.5, 0.6) is 0 Å². The summed E-state index contributed by atoms with van der Waals surface area (Å²) in [4.78, 5) is 14.4. The summed E-state index contributed by atoms with van der Waals surface area (Å²) < 4.78 is 54.7. The van der Waals surface area contributed by atoms with Crippen molar-refractivity contribution >= 4 is 15.9 Å².